The minimum Gasteiger partial charge on any atom is -0.507 e. The Morgan fingerprint density at radius 1 is 0.366 bits per heavy atom. The van der Waals surface area contributed by atoms with Gasteiger partial charge in [0.2, 0.25) is 0 Å². The smallest absolute Gasteiger partial charge is 0.507 e. The van der Waals surface area contributed by atoms with Crippen molar-refractivity contribution in [1.29, 1.82) is 0 Å². The van der Waals surface area contributed by atoms with E-state index in [-0.39, 0.29) is 91.4 Å². The van der Waals surface area contributed by atoms with Crippen molar-refractivity contribution in [2.24, 2.45) is 7.05 Å². The summed E-state index contributed by atoms with van der Waals surface area (Å²) in [4.78, 5) is 122. The highest BCUT2D eigenvalue weighted by Crippen LogP contribution is 2.48. The van der Waals surface area contributed by atoms with Gasteiger partial charge < -0.3 is 25.2 Å². The maximum Gasteiger partial charge on any atom is 0.573 e. The summed E-state index contributed by atoms with van der Waals surface area (Å²) < 4.78 is 71.0. The predicted molar refractivity (Wildman–Crippen MR) is 525 cm³/mol. The van der Waals surface area contributed by atoms with E-state index in [4.69, 9.17) is 0 Å². The second-order valence-corrected chi connectivity index (χ2v) is 35.7. The first kappa shape index (κ1) is 101. The predicted octanol–water partition coefficient (Wildman–Crippen LogP) is 20.6. The zero-order chi connectivity index (χ0) is 103. The molecule has 5 aromatic heterocycles. The Morgan fingerprint density at radius 3 is 0.901 bits per heavy atom. The van der Waals surface area contributed by atoms with E-state index in [1.165, 1.54) is 52.3 Å². The SMILES string of the molecule is C=C(C)c1ccc(C2C(=C(O)c3ccc(C(C)C)cc3)C(=O)C(=O)N2c2ccc(C)nn2)cc1.CC(C)c1ccc(C(O)=C2C(=O)C(=O)N(c3ccc(=O)[nH]n3)C2c2ccc(OC(F)(F)F)cc2)cc1.Cc1ccc(N2C(=O)C(=O)C(=C(O)c3ccc(C(C)C)cc3)C2c2ccc(-c3ccn(C)n3)cc2)nn1.Cc1ccc(N2C(=O)C(=O)C(=C(O)c3ccc(C(C)C)cc3)C2c2ccc(C(C)(F)F)cc2)nn1. The molecular formula is C109H99F5N14O14. The number of hydrogen-bond acceptors (Lipinski definition) is 22. The summed E-state index contributed by atoms with van der Waals surface area (Å²) in [6.45, 7) is 28.3. The van der Waals surface area contributed by atoms with E-state index in [1.54, 1.807) is 123 Å². The van der Waals surface area contributed by atoms with Gasteiger partial charge in [0.1, 0.15) is 28.8 Å². The van der Waals surface area contributed by atoms with Gasteiger partial charge in [-0.1, -0.05) is 250 Å². The molecule has 4 fully saturated rings. The fourth-order valence-electron chi connectivity index (χ4n) is 16.5. The van der Waals surface area contributed by atoms with Gasteiger partial charge in [0.25, 0.3) is 34.6 Å². The summed E-state index contributed by atoms with van der Waals surface area (Å²) in [6, 6.07) is 63.5. The topological polar surface area (TPSA) is 381 Å². The Balaban J connectivity index is 0.000000150. The van der Waals surface area contributed by atoms with Gasteiger partial charge in [-0.05, 0) is 162 Å². The number of benzene rings is 8. The van der Waals surface area contributed by atoms with E-state index < -0.39 is 100 Å². The first-order valence-electron chi connectivity index (χ1n) is 45.2. The second kappa shape index (κ2) is 41.7. The molecule has 28 nitrogen and oxygen atoms in total. The van der Waals surface area contributed by atoms with Gasteiger partial charge in [-0.3, -0.25) is 67.4 Å². The number of allylic oxidation sites excluding steroid dienone is 1. The first-order valence-corrected chi connectivity index (χ1v) is 45.2. The molecule has 4 amide bonds. The van der Waals surface area contributed by atoms with Crippen LogP contribution in [0.2, 0.25) is 0 Å². The van der Waals surface area contributed by atoms with Crippen LogP contribution in [0, 0.1) is 20.8 Å². The third kappa shape index (κ3) is 21.6. The fourth-order valence-corrected chi connectivity index (χ4v) is 16.5. The normalized spacial score (nSPS) is 17.5. The number of aryl methyl sites for hydroxylation is 4. The molecule has 13 aromatic rings. The van der Waals surface area contributed by atoms with Gasteiger partial charge in [-0.15, -0.1) is 28.5 Å². The summed E-state index contributed by atoms with van der Waals surface area (Å²) >= 11 is 0. The van der Waals surface area contributed by atoms with Gasteiger partial charge in [0.15, 0.2) is 23.3 Å². The van der Waals surface area contributed by atoms with Crippen molar-refractivity contribution in [3.8, 4) is 17.0 Å². The number of halogens is 5. The third-order valence-electron chi connectivity index (χ3n) is 24.3. The Labute approximate surface area is 813 Å². The Morgan fingerprint density at radius 2 is 0.648 bits per heavy atom. The van der Waals surface area contributed by atoms with Crippen molar-refractivity contribution in [2.75, 3.05) is 19.6 Å². The van der Waals surface area contributed by atoms with Crippen molar-refractivity contribution in [3.05, 3.63) is 389 Å². The number of nitrogens with zero attached hydrogens (tertiary/aromatic N) is 13. The number of ketones is 4. The lowest BCUT2D eigenvalue weighted by atomic mass is 9.93. The van der Waals surface area contributed by atoms with Crippen LogP contribution in [-0.4, -0.2) is 124 Å². The molecule has 0 radical (unpaired) electrons. The summed E-state index contributed by atoms with van der Waals surface area (Å²) in [5, 5.41) is 79.8. The van der Waals surface area contributed by atoms with Crippen LogP contribution >= 0.6 is 0 Å². The van der Waals surface area contributed by atoms with E-state index in [2.05, 4.69) is 84.9 Å². The number of carbonyl (C=O) groups is 8. The molecule has 142 heavy (non-hydrogen) atoms. The van der Waals surface area contributed by atoms with E-state index in [1.807, 2.05) is 139 Å². The van der Waals surface area contributed by atoms with E-state index in [9.17, 15) is 85.5 Å². The number of aliphatic hydroxyl groups excluding tert-OH is 4. The zero-order valence-corrected chi connectivity index (χ0v) is 79.6. The number of anilines is 4. The van der Waals surface area contributed by atoms with Crippen LogP contribution in [0.25, 0.3) is 39.9 Å². The van der Waals surface area contributed by atoms with E-state index >= 15 is 0 Å². The van der Waals surface area contributed by atoms with Crippen molar-refractivity contribution in [2.45, 2.75) is 150 Å². The minimum atomic E-state index is -4.90. The third-order valence-corrected chi connectivity index (χ3v) is 24.3. The van der Waals surface area contributed by atoms with Gasteiger partial charge >= 0.3 is 30.0 Å². The highest BCUT2D eigenvalue weighted by atomic mass is 19.4. The highest BCUT2D eigenvalue weighted by Gasteiger charge is 2.52. The van der Waals surface area contributed by atoms with E-state index in [0.717, 1.165) is 79.6 Å². The van der Waals surface area contributed by atoms with Gasteiger partial charge in [-0.2, -0.15) is 25.5 Å². The van der Waals surface area contributed by atoms with Gasteiger partial charge in [0, 0.05) is 59.6 Å². The Kier molecular flexibility index (Phi) is 29.7. The van der Waals surface area contributed by atoms with Crippen LogP contribution in [0.5, 0.6) is 5.75 Å². The van der Waals surface area contributed by atoms with Crippen LogP contribution in [0.15, 0.2) is 289 Å². The first-order chi connectivity index (χ1) is 67.4. The van der Waals surface area contributed by atoms with Crippen molar-refractivity contribution < 1.29 is 85.5 Å². The van der Waals surface area contributed by atoms with Crippen LogP contribution < -0.4 is 29.9 Å². The molecule has 4 aliphatic rings. The summed E-state index contributed by atoms with van der Waals surface area (Å²) in [7, 11) is 1.85. The number of H-pyrrole nitrogens is 1. The zero-order valence-electron chi connectivity index (χ0n) is 79.6. The average molecular weight is 1920 g/mol. The number of rotatable bonds is 20. The lowest BCUT2D eigenvalue weighted by molar-refractivity contribution is -0.274. The molecule has 9 heterocycles. The Bertz CT molecular complexity index is 7190. The number of aromatic nitrogens is 10. The average Bonchev–Trinajstić information content (AvgIpc) is 1.61. The number of nitrogens with one attached hydrogen (secondary N) is 1. The number of amides is 4. The molecule has 33 heteroatoms. The van der Waals surface area contributed by atoms with E-state index in [0.29, 0.717) is 62.3 Å². The number of carbonyl (C=O) groups excluding carboxylic acids is 8. The summed E-state index contributed by atoms with van der Waals surface area (Å²) in [5.74, 6) is -10.1. The fraction of sp³-hybridized carbons (Fsp3) is 0.220. The molecular weight excluding hydrogens is 1820 g/mol. The van der Waals surface area contributed by atoms with Gasteiger partial charge in [0.05, 0.1) is 69.2 Å². The molecule has 724 valence electrons. The number of aromatic amines is 1. The van der Waals surface area contributed by atoms with Crippen LogP contribution in [-0.2, 0) is 51.3 Å². The molecule has 0 bridgehead atoms. The number of aliphatic hydroxyl groups is 4. The minimum absolute atomic E-state index is 0.00950. The van der Waals surface area contributed by atoms with Gasteiger partial charge in [-0.25, -0.2) is 13.9 Å². The summed E-state index contributed by atoms with van der Waals surface area (Å²) in [6.07, 6.45) is -3.04. The standard InChI is InChI=1S/C29H27N5O3.C28H27N3O3.C27H25F2N3O3.C25H20F3N3O5/c1-17(2)19-6-12-22(13-7-19)27(35)25-26(21-10-8-20(9-11-21)23-15-16-33(4)32-23)34(29(37)28(25)36)24-14-5-18(3)30-31-24;1-16(2)19-7-11-21(12-8-19)25-24(26(32)22-13-9-20(10-14-22)17(3)4)27(33)28(34)31(25)23-15-6-18(5)29-30-23;1-15(2)17-6-8-19(9-7-17)24(33)22-23(18-10-12-20(13-11-18)27(4,28)29)32(26(35)25(22)34)21-14-5-16(3)30-31-21;1-13(2)14-3-5-16(6-4-14)22(33)20-21(15-7-9-17(10-8-15)36-25(26,27)28)31(24(35)23(20)34)18-11-12-19(32)30-29-18/h5-17,26,35H,1-4H3;6-15,17,25,32H,1H2,2-5H3;5-15,23,33H,1-4H3;3-13,21,33H,1-2H3,(H,30,32). The quantitative estimate of drug-likeness (QED) is 0.0205. The number of hydrogen-bond donors (Lipinski definition) is 5. The maximum absolute atomic E-state index is 13.8. The van der Waals surface area contributed by atoms with Crippen molar-refractivity contribution in [1.82, 2.24) is 50.6 Å². The summed E-state index contributed by atoms with van der Waals surface area (Å²) in [5.41, 5.74) is 12.1. The van der Waals surface area contributed by atoms with Crippen LogP contribution in [0.4, 0.5) is 45.2 Å². The second-order valence-electron chi connectivity index (χ2n) is 35.7. The van der Waals surface area contributed by atoms with Crippen molar-refractivity contribution >= 4 is 98.6 Å². The monoisotopic (exact) mass is 1920 g/mol. The van der Waals surface area contributed by atoms with Crippen molar-refractivity contribution in [3.63, 3.8) is 0 Å². The molecule has 0 aliphatic carbocycles. The lowest BCUT2D eigenvalue weighted by Gasteiger charge is -2.24. The molecule has 0 saturated carbocycles. The molecule has 4 saturated heterocycles. The van der Waals surface area contributed by atoms with Crippen LogP contribution in [0.1, 0.15) is 212 Å². The lowest BCUT2D eigenvalue weighted by Crippen LogP contribution is -2.31. The molecule has 0 spiro atoms. The molecule has 5 N–H and O–H groups in total. The number of ether oxygens (including phenoxy) is 1. The molecule has 17 rings (SSSR count). The number of alkyl halides is 5. The van der Waals surface area contributed by atoms with Crippen LogP contribution in [0.3, 0.4) is 0 Å². The molecule has 4 aliphatic heterocycles. The molecule has 4 atom stereocenters. The maximum atomic E-state index is 13.8. The molecule has 4 unspecified atom stereocenters. The largest absolute Gasteiger partial charge is 0.573 e. The highest BCUT2D eigenvalue weighted by molar-refractivity contribution is 6.54. The Hall–Kier alpha value is -17.0. The number of Topliss-reactive ketones (excluding diaryl/α,β-unsaturated/α-hetero) is 4. The molecule has 8 aromatic carbocycles.